The van der Waals surface area contributed by atoms with Crippen molar-refractivity contribution >= 4 is 31.9 Å². The minimum Gasteiger partial charge on any atom is -0.208 e. The molecule has 126 valence electrons. The molecule has 0 N–H and O–H groups in total. The summed E-state index contributed by atoms with van der Waals surface area (Å²) in [5.41, 5.74) is 2.84. The minimum absolute atomic E-state index is 0.648. The normalized spacial score (nSPS) is 10.7. The first-order valence-electron chi connectivity index (χ1n) is 8.02. The van der Waals surface area contributed by atoms with Crippen molar-refractivity contribution in [1.82, 2.24) is 15.0 Å². The average molecular weight is 467 g/mol. The van der Waals surface area contributed by atoms with Crippen LogP contribution in [-0.2, 0) is 0 Å². The van der Waals surface area contributed by atoms with Gasteiger partial charge in [0.05, 0.1) is 0 Å². The van der Waals surface area contributed by atoms with E-state index in [1.54, 1.807) is 0 Å². The van der Waals surface area contributed by atoms with E-state index < -0.39 is 0 Å². The molecule has 26 heavy (non-hydrogen) atoms. The monoisotopic (exact) mass is 465 g/mol. The van der Waals surface area contributed by atoms with Gasteiger partial charge < -0.3 is 0 Å². The lowest BCUT2D eigenvalue weighted by atomic mass is 10.1. The maximum atomic E-state index is 4.72. The molecule has 0 saturated carbocycles. The zero-order chi connectivity index (χ0) is 17.9. The van der Waals surface area contributed by atoms with Crippen LogP contribution in [-0.4, -0.2) is 15.0 Å². The van der Waals surface area contributed by atoms with Crippen LogP contribution >= 0.6 is 31.9 Å². The molecule has 0 aliphatic carbocycles. The third-order valence-corrected chi connectivity index (χ3v) is 4.82. The lowest BCUT2D eigenvalue weighted by Gasteiger charge is -2.08. The molecule has 0 aliphatic rings. The van der Waals surface area contributed by atoms with Gasteiger partial charge >= 0.3 is 0 Å². The number of nitrogens with zero attached hydrogens (tertiary/aromatic N) is 3. The van der Waals surface area contributed by atoms with E-state index in [0.29, 0.717) is 17.5 Å². The molecular weight excluding hydrogens is 454 g/mol. The van der Waals surface area contributed by atoms with Gasteiger partial charge in [0.25, 0.3) is 0 Å². The Morgan fingerprint density at radius 2 is 0.885 bits per heavy atom. The van der Waals surface area contributed by atoms with Gasteiger partial charge in [0, 0.05) is 25.6 Å². The molecule has 0 fully saturated rings. The Balaban J connectivity index is 1.93. The number of benzene rings is 3. The molecule has 0 amide bonds. The summed E-state index contributed by atoms with van der Waals surface area (Å²) < 4.78 is 1.97. The van der Waals surface area contributed by atoms with Gasteiger partial charge in [0.2, 0.25) is 0 Å². The van der Waals surface area contributed by atoms with Crippen molar-refractivity contribution in [2.45, 2.75) is 0 Å². The molecule has 5 heteroatoms. The highest BCUT2D eigenvalue weighted by Gasteiger charge is 2.12. The summed E-state index contributed by atoms with van der Waals surface area (Å²) >= 11 is 7.04. The predicted molar refractivity (Wildman–Crippen MR) is 112 cm³/mol. The first kappa shape index (κ1) is 17.1. The Labute approximate surface area is 168 Å². The highest BCUT2D eigenvalue weighted by molar-refractivity contribution is 9.10. The van der Waals surface area contributed by atoms with Crippen molar-refractivity contribution in [2.24, 2.45) is 0 Å². The van der Waals surface area contributed by atoms with Crippen molar-refractivity contribution in [2.75, 3.05) is 0 Å². The van der Waals surface area contributed by atoms with Crippen LogP contribution in [0.25, 0.3) is 34.2 Å². The second kappa shape index (κ2) is 7.48. The summed E-state index contributed by atoms with van der Waals surface area (Å²) in [6.45, 7) is 0. The summed E-state index contributed by atoms with van der Waals surface area (Å²) in [5, 5.41) is 0. The third-order valence-electron chi connectivity index (χ3n) is 3.83. The molecule has 0 bridgehead atoms. The summed E-state index contributed by atoms with van der Waals surface area (Å²) in [5.74, 6) is 1.95. The molecule has 0 saturated heterocycles. The summed E-state index contributed by atoms with van der Waals surface area (Å²) in [7, 11) is 0. The van der Waals surface area contributed by atoms with Gasteiger partial charge in [-0.05, 0) is 24.3 Å². The van der Waals surface area contributed by atoms with Crippen molar-refractivity contribution < 1.29 is 0 Å². The fourth-order valence-corrected chi connectivity index (χ4v) is 3.40. The van der Waals surface area contributed by atoms with E-state index in [-0.39, 0.29) is 0 Å². The molecule has 3 nitrogen and oxygen atoms in total. The number of halogens is 2. The standard InChI is InChI=1S/C21H13Br2N3/c22-17-10-4-8-15(12-17)20-24-19(14-6-2-1-3-7-14)25-21(26-20)16-9-5-11-18(23)13-16/h1-13H. The third kappa shape index (κ3) is 3.74. The van der Waals surface area contributed by atoms with Crippen LogP contribution < -0.4 is 0 Å². The zero-order valence-corrected chi connectivity index (χ0v) is 16.8. The molecule has 1 aromatic heterocycles. The minimum atomic E-state index is 0.648. The topological polar surface area (TPSA) is 38.7 Å². The van der Waals surface area contributed by atoms with Crippen LogP contribution in [0, 0.1) is 0 Å². The molecule has 0 atom stereocenters. The van der Waals surface area contributed by atoms with Gasteiger partial charge in [-0.1, -0.05) is 86.5 Å². The first-order valence-corrected chi connectivity index (χ1v) is 9.61. The van der Waals surface area contributed by atoms with E-state index >= 15 is 0 Å². The summed E-state index contributed by atoms with van der Waals surface area (Å²) in [6.07, 6.45) is 0. The van der Waals surface area contributed by atoms with Crippen LogP contribution in [0.4, 0.5) is 0 Å². The molecule has 3 aromatic carbocycles. The van der Waals surface area contributed by atoms with E-state index in [1.165, 1.54) is 0 Å². The Morgan fingerprint density at radius 1 is 0.462 bits per heavy atom. The number of hydrogen-bond donors (Lipinski definition) is 0. The smallest absolute Gasteiger partial charge is 0.164 e. The predicted octanol–water partition coefficient (Wildman–Crippen LogP) is 6.40. The summed E-state index contributed by atoms with van der Waals surface area (Å²) in [6, 6.07) is 25.9. The highest BCUT2D eigenvalue weighted by Crippen LogP contribution is 2.27. The SMILES string of the molecule is Brc1cccc(-c2nc(-c3ccccc3)nc(-c3cccc(Br)c3)n2)c1. The largest absolute Gasteiger partial charge is 0.208 e. The van der Waals surface area contributed by atoms with Crippen LogP contribution in [0.3, 0.4) is 0 Å². The van der Waals surface area contributed by atoms with Crippen LogP contribution in [0.2, 0.25) is 0 Å². The van der Waals surface area contributed by atoms with Crippen LogP contribution in [0.5, 0.6) is 0 Å². The number of hydrogen-bond acceptors (Lipinski definition) is 3. The molecule has 0 aliphatic heterocycles. The lowest BCUT2D eigenvalue weighted by Crippen LogP contribution is -2.00. The molecular formula is C21H13Br2N3. The average Bonchev–Trinajstić information content (AvgIpc) is 2.68. The maximum absolute atomic E-state index is 4.72. The van der Waals surface area contributed by atoms with Gasteiger partial charge in [0.15, 0.2) is 17.5 Å². The molecule has 4 aromatic rings. The molecule has 0 unspecified atom stereocenters. The maximum Gasteiger partial charge on any atom is 0.164 e. The lowest BCUT2D eigenvalue weighted by molar-refractivity contribution is 1.07. The van der Waals surface area contributed by atoms with E-state index in [2.05, 4.69) is 31.9 Å². The second-order valence-electron chi connectivity index (χ2n) is 5.69. The number of aromatic nitrogens is 3. The highest BCUT2D eigenvalue weighted by atomic mass is 79.9. The first-order chi connectivity index (χ1) is 12.7. The fourth-order valence-electron chi connectivity index (χ4n) is 2.61. The summed E-state index contributed by atoms with van der Waals surface area (Å²) in [4.78, 5) is 14.1. The van der Waals surface area contributed by atoms with Gasteiger partial charge in [-0.15, -0.1) is 0 Å². The van der Waals surface area contributed by atoms with Gasteiger partial charge in [-0.25, -0.2) is 15.0 Å². The molecule has 4 rings (SSSR count). The van der Waals surface area contributed by atoms with Crippen LogP contribution in [0.15, 0.2) is 87.8 Å². The van der Waals surface area contributed by atoms with E-state index in [0.717, 1.165) is 25.6 Å². The Morgan fingerprint density at radius 3 is 1.35 bits per heavy atom. The van der Waals surface area contributed by atoms with Gasteiger partial charge in [-0.3, -0.25) is 0 Å². The fraction of sp³-hybridized carbons (Fsp3) is 0. The van der Waals surface area contributed by atoms with Gasteiger partial charge in [0.1, 0.15) is 0 Å². The van der Waals surface area contributed by atoms with E-state index in [1.807, 2.05) is 78.9 Å². The van der Waals surface area contributed by atoms with Crippen molar-refractivity contribution in [3.63, 3.8) is 0 Å². The van der Waals surface area contributed by atoms with Crippen molar-refractivity contribution in [1.29, 1.82) is 0 Å². The molecule has 1 heterocycles. The van der Waals surface area contributed by atoms with E-state index in [4.69, 9.17) is 15.0 Å². The number of rotatable bonds is 3. The van der Waals surface area contributed by atoms with Gasteiger partial charge in [-0.2, -0.15) is 0 Å². The molecule has 0 spiro atoms. The Bertz CT molecular complexity index is 1000. The Hall–Kier alpha value is -2.37. The zero-order valence-electron chi connectivity index (χ0n) is 13.6. The van der Waals surface area contributed by atoms with E-state index in [9.17, 15) is 0 Å². The van der Waals surface area contributed by atoms with Crippen molar-refractivity contribution in [3.05, 3.63) is 87.8 Å². The quantitative estimate of drug-likeness (QED) is 0.350. The Kier molecular flexibility index (Phi) is 4.91. The molecule has 0 radical (unpaired) electrons. The van der Waals surface area contributed by atoms with Crippen molar-refractivity contribution in [3.8, 4) is 34.2 Å². The second-order valence-corrected chi connectivity index (χ2v) is 7.52. The van der Waals surface area contributed by atoms with Crippen LogP contribution in [0.1, 0.15) is 0 Å².